The van der Waals surface area contributed by atoms with Crippen molar-refractivity contribution in [1.82, 2.24) is 39.9 Å². The molecule has 0 bridgehead atoms. The zero-order valence-corrected chi connectivity index (χ0v) is 34.7. The van der Waals surface area contributed by atoms with Gasteiger partial charge in [-0.05, 0) is 36.1 Å². The lowest BCUT2D eigenvalue weighted by atomic mass is 10.1. The Kier molecular flexibility index (Phi) is 14.3. The van der Waals surface area contributed by atoms with Gasteiger partial charge in [-0.2, -0.15) is 10.2 Å². The Morgan fingerprint density at radius 3 is 1.69 bits per heavy atom. The molecular formula is C44H41N9O7S2. The van der Waals surface area contributed by atoms with E-state index in [1.54, 1.807) is 22.6 Å². The first kappa shape index (κ1) is 43.1. The van der Waals surface area contributed by atoms with E-state index in [2.05, 4.69) is 25.5 Å². The molecule has 1 aliphatic heterocycles. The summed E-state index contributed by atoms with van der Waals surface area (Å²) in [5.41, 5.74) is 12.6. The number of aliphatic hydroxyl groups is 2. The molecule has 8 aromatic rings. The molecule has 62 heavy (non-hydrogen) atoms. The van der Waals surface area contributed by atoms with Gasteiger partial charge < -0.3 is 26.1 Å². The quantitative estimate of drug-likeness (QED) is 0.118. The number of nitrogens with zero attached hydrogens (tertiary/aromatic N) is 7. The smallest absolute Gasteiger partial charge is 0.377 e. The maximum Gasteiger partial charge on any atom is 0.377 e. The molecule has 5 heterocycles. The highest BCUT2D eigenvalue weighted by atomic mass is 32.1. The molecule has 9 rings (SSSR count). The van der Waals surface area contributed by atoms with Gasteiger partial charge in [-0.1, -0.05) is 97.1 Å². The Bertz CT molecular complexity index is 2750. The van der Waals surface area contributed by atoms with Gasteiger partial charge in [0.1, 0.15) is 4.88 Å². The lowest BCUT2D eigenvalue weighted by Gasteiger charge is -2.16. The molecule has 1 fully saturated rings. The van der Waals surface area contributed by atoms with Crippen LogP contribution in [0, 0.1) is 0 Å². The molecule has 0 radical (unpaired) electrons. The second-order valence-corrected chi connectivity index (χ2v) is 15.6. The van der Waals surface area contributed by atoms with Crippen LogP contribution in [0.3, 0.4) is 0 Å². The average Bonchev–Trinajstić information content (AvgIpc) is 4.16. The first-order valence-corrected chi connectivity index (χ1v) is 21.2. The number of imide groups is 1. The third-order valence-corrected chi connectivity index (χ3v) is 11.1. The zero-order chi connectivity index (χ0) is 43.4. The Hall–Kier alpha value is -6.96. The SMILES string of the molecule is N[C@H](CO)Cc1ccccc1.O=C(N[C@H](CO)Cc1ccccc1)c1scnc1-n1ncc2ccccc21.O=C(ON1C(=O)CCC1=O)c1scnc1-n1ncc2ccccc21. The van der Waals surface area contributed by atoms with E-state index in [1.807, 2.05) is 109 Å². The molecule has 1 saturated heterocycles. The number of hydrogen-bond acceptors (Lipinski definition) is 14. The molecule has 316 valence electrons. The first-order chi connectivity index (χ1) is 30.2. The second kappa shape index (κ2) is 20.5. The summed E-state index contributed by atoms with van der Waals surface area (Å²) in [6, 6.07) is 34.5. The van der Waals surface area contributed by atoms with Crippen molar-refractivity contribution in [2.75, 3.05) is 13.2 Å². The van der Waals surface area contributed by atoms with E-state index in [0.717, 1.165) is 45.1 Å². The molecular weight excluding hydrogens is 831 g/mol. The van der Waals surface area contributed by atoms with Crippen molar-refractivity contribution in [2.24, 2.45) is 5.73 Å². The number of carbonyl (C=O) groups excluding carboxylic acids is 4. The van der Waals surface area contributed by atoms with Gasteiger partial charge in [0.15, 0.2) is 16.5 Å². The molecule has 18 heteroatoms. The van der Waals surface area contributed by atoms with Gasteiger partial charge in [0.25, 0.3) is 17.7 Å². The van der Waals surface area contributed by atoms with Gasteiger partial charge >= 0.3 is 5.97 Å². The van der Waals surface area contributed by atoms with Crippen LogP contribution in [-0.2, 0) is 27.3 Å². The van der Waals surface area contributed by atoms with E-state index >= 15 is 0 Å². The van der Waals surface area contributed by atoms with Crippen molar-refractivity contribution in [3.63, 3.8) is 0 Å². The van der Waals surface area contributed by atoms with Crippen LogP contribution in [0.25, 0.3) is 33.4 Å². The number of hydrogen-bond donors (Lipinski definition) is 4. The summed E-state index contributed by atoms with van der Waals surface area (Å²) in [5.74, 6) is -1.33. The number of aromatic nitrogens is 6. The molecule has 0 aliphatic carbocycles. The highest BCUT2D eigenvalue weighted by Gasteiger charge is 2.34. The van der Waals surface area contributed by atoms with Crippen molar-refractivity contribution in [3.05, 3.63) is 153 Å². The molecule has 1 aliphatic rings. The van der Waals surface area contributed by atoms with Crippen molar-refractivity contribution in [1.29, 1.82) is 0 Å². The van der Waals surface area contributed by atoms with E-state index in [-0.39, 0.29) is 48.9 Å². The largest absolute Gasteiger partial charge is 0.395 e. The van der Waals surface area contributed by atoms with Crippen LogP contribution in [0.2, 0.25) is 0 Å². The molecule has 16 nitrogen and oxygen atoms in total. The van der Waals surface area contributed by atoms with Crippen molar-refractivity contribution >= 4 is 68.2 Å². The number of nitrogens with one attached hydrogen (secondary N) is 1. The highest BCUT2D eigenvalue weighted by Crippen LogP contribution is 2.25. The number of benzene rings is 4. The lowest BCUT2D eigenvalue weighted by molar-refractivity contribution is -0.172. The summed E-state index contributed by atoms with van der Waals surface area (Å²) in [6.07, 6.45) is 4.82. The number of hydroxylamine groups is 2. The predicted octanol–water partition coefficient (Wildman–Crippen LogP) is 5.07. The maximum absolute atomic E-state index is 12.8. The molecule has 0 spiro atoms. The molecule has 0 unspecified atom stereocenters. The number of aliphatic hydroxyl groups excluding tert-OH is 2. The maximum atomic E-state index is 12.8. The summed E-state index contributed by atoms with van der Waals surface area (Å²) in [4.78, 5) is 62.4. The van der Waals surface area contributed by atoms with E-state index in [9.17, 15) is 24.3 Å². The fourth-order valence-corrected chi connectivity index (χ4v) is 7.74. The minimum absolute atomic E-state index is 0.0471. The number of nitrogens with two attached hydrogens (primary N) is 1. The van der Waals surface area contributed by atoms with Crippen molar-refractivity contribution < 1.29 is 34.2 Å². The van der Waals surface area contributed by atoms with Crippen molar-refractivity contribution in [2.45, 2.75) is 37.8 Å². The number of rotatable bonds is 12. The van der Waals surface area contributed by atoms with E-state index in [1.165, 1.54) is 27.1 Å². The third-order valence-electron chi connectivity index (χ3n) is 9.48. The molecule has 2 atom stereocenters. The highest BCUT2D eigenvalue weighted by molar-refractivity contribution is 7.12. The monoisotopic (exact) mass is 871 g/mol. The lowest BCUT2D eigenvalue weighted by Crippen LogP contribution is -2.39. The van der Waals surface area contributed by atoms with Crippen LogP contribution >= 0.6 is 22.7 Å². The topological polar surface area (TPSA) is 221 Å². The van der Waals surface area contributed by atoms with Gasteiger partial charge in [0.2, 0.25) is 0 Å². The summed E-state index contributed by atoms with van der Waals surface area (Å²) in [5, 5.41) is 32.3. The number of carbonyl (C=O) groups is 4. The van der Waals surface area contributed by atoms with Crippen LogP contribution in [0.15, 0.2) is 133 Å². The first-order valence-electron chi connectivity index (χ1n) is 19.4. The third kappa shape index (κ3) is 10.3. The Labute approximate surface area is 362 Å². The normalized spacial score (nSPS) is 13.2. The van der Waals surface area contributed by atoms with Gasteiger partial charge in [-0.15, -0.1) is 27.7 Å². The van der Waals surface area contributed by atoms with Crippen LogP contribution in [0.1, 0.15) is 43.3 Å². The minimum Gasteiger partial charge on any atom is -0.395 e. The van der Waals surface area contributed by atoms with Crippen LogP contribution in [-0.4, -0.2) is 93.8 Å². The minimum atomic E-state index is -0.810. The van der Waals surface area contributed by atoms with Gasteiger partial charge in [-0.25, -0.2) is 24.1 Å². The molecule has 4 aromatic carbocycles. The fourth-order valence-electron chi connectivity index (χ4n) is 6.43. The Balaban J connectivity index is 0.000000152. The summed E-state index contributed by atoms with van der Waals surface area (Å²) >= 11 is 2.31. The van der Waals surface area contributed by atoms with Crippen LogP contribution < -0.4 is 11.1 Å². The number of para-hydroxylation sites is 2. The molecule has 0 saturated carbocycles. The van der Waals surface area contributed by atoms with Gasteiger partial charge in [-0.3, -0.25) is 14.4 Å². The Morgan fingerprint density at radius 2 is 1.16 bits per heavy atom. The number of amides is 3. The van der Waals surface area contributed by atoms with Gasteiger partial charge in [0, 0.05) is 29.7 Å². The number of thiazole rings is 2. The molecule has 4 aromatic heterocycles. The number of fused-ring (bicyclic) bond motifs is 2. The van der Waals surface area contributed by atoms with E-state index < -0.39 is 17.8 Å². The summed E-state index contributed by atoms with van der Waals surface area (Å²) in [6.45, 7) is -0.0889. The predicted molar refractivity (Wildman–Crippen MR) is 234 cm³/mol. The Morgan fingerprint density at radius 1 is 0.677 bits per heavy atom. The fraction of sp³-hybridized carbons (Fsp3) is 0.182. The standard InChI is InChI=1S/C20H18N4O2S.C15H10N4O4S.C9H13NO/c25-12-16(10-14-6-2-1-3-7-14)23-20(26)18-19(21-13-27-18)24-17-9-5-4-8-15(17)11-22-24;20-11-5-6-12(21)19(11)23-15(22)13-14(16-8-24-13)18-10-4-2-1-3-9(10)7-17-18;10-9(7-11)6-8-4-2-1-3-5-8/h1-9,11,13,16,25H,10,12H2,(H,23,26);1-4,7-8H,5-6H2;1-5,9,11H,6-7,10H2/t16-;;9-/m0.0/s1. The summed E-state index contributed by atoms with van der Waals surface area (Å²) in [7, 11) is 0. The average molecular weight is 872 g/mol. The van der Waals surface area contributed by atoms with Crippen molar-refractivity contribution in [3.8, 4) is 11.6 Å². The van der Waals surface area contributed by atoms with Crippen LogP contribution in [0.4, 0.5) is 0 Å². The summed E-state index contributed by atoms with van der Waals surface area (Å²) < 4.78 is 3.20. The van der Waals surface area contributed by atoms with E-state index in [4.69, 9.17) is 15.7 Å². The molecule has 3 amide bonds. The zero-order valence-electron chi connectivity index (χ0n) is 33.1. The second-order valence-electron chi connectivity index (χ2n) is 13.9. The van der Waals surface area contributed by atoms with E-state index in [0.29, 0.717) is 28.0 Å². The molecule has 5 N–H and O–H groups in total. The van der Waals surface area contributed by atoms with Gasteiger partial charge in [0.05, 0.1) is 53.7 Å². The van der Waals surface area contributed by atoms with Crippen LogP contribution in [0.5, 0.6) is 0 Å².